The van der Waals surface area contributed by atoms with Crippen molar-refractivity contribution in [2.45, 2.75) is 45.2 Å². The van der Waals surface area contributed by atoms with Crippen LogP contribution < -0.4 is 5.32 Å². The minimum atomic E-state index is -0.977. The summed E-state index contributed by atoms with van der Waals surface area (Å²) >= 11 is 0. The first-order valence-electron chi connectivity index (χ1n) is 7.54. The smallest absolute Gasteiger partial charge is 0.326 e. The van der Waals surface area contributed by atoms with Gasteiger partial charge in [0, 0.05) is 13.0 Å². The van der Waals surface area contributed by atoms with Gasteiger partial charge in [0.25, 0.3) is 0 Å². The molecule has 0 radical (unpaired) electrons. The Kier molecular flexibility index (Phi) is 5.52. The first kappa shape index (κ1) is 16.0. The number of carboxylic acids is 1. The van der Waals surface area contributed by atoms with E-state index in [2.05, 4.69) is 10.3 Å². The average molecular weight is 303 g/mol. The molecule has 0 saturated heterocycles. The number of aryl methyl sites for hydroxylation is 1. The van der Waals surface area contributed by atoms with E-state index < -0.39 is 12.0 Å². The van der Waals surface area contributed by atoms with Gasteiger partial charge in [0.1, 0.15) is 6.04 Å². The van der Waals surface area contributed by atoms with Crippen molar-refractivity contribution in [1.29, 1.82) is 0 Å². The van der Waals surface area contributed by atoms with E-state index in [1.165, 1.54) is 0 Å². The molecular formula is C16H21N3O3. The second-order valence-corrected chi connectivity index (χ2v) is 5.28. The molecule has 6 heteroatoms. The van der Waals surface area contributed by atoms with E-state index in [0.717, 1.165) is 23.9 Å². The number of hydrogen-bond acceptors (Lipinski definition) is 3. The van der Waals surface area contributed by atoms with E-state index in [1.807, 2.05) is 35.8 Å². The Labute approximate surface area is 129 Å². The normalized spacial score (nSPS) is 12.2. The Hall–Kier alpha value is -2.37. The summed E-state index contributed by atoms with van der Waals surface area (Å²) in [4.78, 5) is 27.3. The molecule has 0 spiro atoms. The lowest BCUT2D eigenvalue weighted by Gasteiger charge is -2.14. The van der Waals surface area contributed by atoms with Crippen molar-refractivity contribution >= 4 is 22.9 Å². The molecule has 0 saturated carbocycles. The predicted molar refractivity (Wildman–Crippen MR) is 83.4 cm³/mol. The third-order valence-electron chi connectivity index (χ3n) is 3.59. The number of fused-ring (bicyclic) bond motifs is 1. The van der Waals surface area contributed by atoms with E-state index in [-0.39, 0.29) is 12.3 Å². The van der Waals surface area contributed by atoms with Crippen molar-refractivity contribution < 1.29 is 14.7 Å². The monoisotopic (exact) mass is 303 g/mol. The lowest BCUT2D eigenvalue weighted by atomic mass is 10.1. The molecule has 0 unspecified atom stereocenters. The summed E-state index contributed by atoms with van der Waals surface area (Å²) in [6, 6.07) is 6.90. The van der Waals surface area contributed by atoms with Gasteiger partial charge in [0.2, 0.25) is 5.91 Å². The van der Waals surface area contributed by atoms with E-state index >= 15 is 0 Å². The zero-order valence-corrected chi connectivity index (χ0v) is 12.7. The number of benzene rings is 1. The zero-order valence-electron chi connectivity index (χ0n) is 12.7. The highest BCUT2D eigenvalue weighted by atomic mass is 16.4. The summed E-state index contributed by atoms with van der Waals surface area (Å²) in [5.74, 6) is -1.23. The van der Waals surface area contributed by atoms with Crippen LogP contribution in [0.15, 0.2) is 30.6 Å². The quantitative estimate of drug-likeness (QED) is 0.783. The maximum absolute atomic E-state index is 11.9. The molecule has 0 aliphatic heterocycles. The second-order valence-electron chi connectivity index (χ2n) is 5.28. The van der Waals surface area contributed by atoms with E-state index in [1.54, 1.807) is 6.33 Å². The number of aliphatic carboxylic acids is 1. The Balaban J connectivity index is 1.90. The number of nitrogens with one attached hydrogen (secondary N) is 1. The minimum absolute atomic E-state index is 0.232. The summed E-state index contributed by atoms with van der Waals surface area (Å²) in [7, 11) is 0. The fourth-order valence-electron chi connectivity index (χ4n) is 2.34. The molecule has 0 aliphatic carbocycles. The van der Waals surface area contributed by atoms with Crippen molar-refractivity contribution in [3.05, 3.63) is 30.6 Å². The number of rotatable bonds is 8. The lowest BCUT2D eigenvalue weighted by molar-refractivity contribution is -0.142. The molecule has 1 atom stereocenters. The molecule has 1 amide bonds. The highest BCUT2D eigenvalue weighted by Gasteiger charge is 2.19. The molecule has 0 aliphatic rings. The number of hydrogen-bond donors (Lipinski definition) is 2. The summed E-state index contributed by atoms with van der Waals surface area (Å²) in [5.41, 5.74) is 1.85. The maximum atomic E-state index is 11.9. The lowest BCUT2D eigenvalue weighted by Crippen LogP contribution is -2.41. The van der Waals surface area contributed by atoms with Gasteiger partial charge in [-0.15, -0.1) is 0 Å². The number of carbonyl (C=O) groups excluding carboxylic acids is 1. The van der Waals surface area contributed by atoms with Crippen molar-refractivity contribution in [3.63, 3.8) is 0 Å². The molecule has 1 heterocycles. The van der Waals surface area contributed by atoms with Crippen LogP contribution in [0.2, 0.25) is 0 Å². The van der Waals surface area contributed by atoms with Crippen LogP contribution in [0.1, 0.15) is 32.6 Å². The van der Waals surface area contributed by atoms with Gasteiger partial charge in [-0.3, -0.25) is 4.79 Å². The number of nitrogens with zero attached hydrogens (tertiary/aromatic N) is 2. The molecule has 22 heavy (non-hydrogen) atoms. The average Bonchev–Trinajstić information content (AvgIpc) is 2.92. The van der Waals surface area contributed by atoms with Gasteiger partial charge in [0.05, 0.1) is 17.4 Å². The van der Waals surface area contributed by atoms with Crippen LogP contribution in [0, 0.1) is 0 Å². The largest absolute Gasteiger partial charge is 0.480 e. The van der Waals surface area contributed by atoms with E-state index in [9.17, 15) is 9.59 Å². The Bertz CT molecular complexity index is 651. The zero-order chi connectivity index (χ0) is 15.9. The maximum Gasteiger partial charge on any atom is 0.326 e. The molecule has 1 aromatic carbocycles. The molecule has 2 aromatic rings. The van der Waals surface area contributed by atoms with Crippen LogP contribution in [-0.2, 0) is 16.1 Å². The van der Waals surface area contributed by atoms with Gasteiger partial charge in [-0.1, -0.05) is 31.9 Å². The van der Waals surface area contributed by atoms with Gasteiger partial charge in [-0.05, 0) is 18.6 Å². The number of carboxylic acid groups (broad SMARTS) is 1. The fraction of sp³-hybridized carbons (Fsp3) is 0.438. The minimum Gasteiger partial charge on any atom is -0.480 e. The number of para-hydroxylation sites is 2. The number of imidazole rings is 1. The van der Waals surface area contributed by atoms with Crippen molar-refractivity contribution in [2.75, 3.05) is 0 Å². The Morgan fingerprint density at radius 1 is 1.36 bits per heavy atom. The number of carbonyl (C=O) groups is 2. The number of amides is 1. The number of aromatic nitrogens is 2. The number of unbranched alkanes of at least 4 members (excludes halogenated alkanes) is 1. The summed E-state index contributed by atoms with van der Waals surface area (Å²) < 4.78 is 1.90. The Morgan fingerprint density at radius 2 is 2.14 bits per heavy atom. The third-order valence-corrected chi connectivity index (χ3v) is 3.59. The Morgan fingerprint density at radius 3 is 2.86 bits per heavy atom. The SMILES string of the molecule is CCCC[C@H](NC(=O)CCn1cnc2ccccc21)C(=O)O. The summed E-state index contributed by atoms with van der Waals surface area (Å²) in [6.45, 7) is 2.47. The molecule has 0 bridgehead atoms. The van der Waals surface area contributed by atoms with Crippen molar-refractivity contribution in [1.82, 2.24) is 14.9 Å². The second kappa shape index (κ2) is 7.59. The fourth-order valence-corrected chi connectivity index (χ4v) is 2.34. The predicted octanol–water partition coefficient (Wildman–Crippen LogP) is 2.19. The highest BCUT2D eigenvalue weighted by molar-refractivity contribution is 5.83. The third kappa shape index (κ3) is 4.07. The standard InChI is InChI=1S/C16H21N3O3/c1-2-3-6-13(16(21)22)18-15(20)9-10-19-11-17-12-7-4-5-8-14(12)19/h4-5,7-8,11,13H,2-3,6,9-10H2,1H3,(H,18,20)(H,21,22)/t13-/m0/s1. The van der Waals surface area contributed by atoms with E-state index in [0.29, 0.717) is 13.0 Å². The molecule has 1 aromatic heterocycles. The molecule has 6 nitrogen and oxygen atoms in total. The first-order valence-corrected chi connectivity index (χ1v) is 7.54. The molecule has 0 fully saturated rings. The summed E-state index contributed by atoms with van der Waals surface area (Å²) in [6.07, 6.45) is 4.08. The van der Waals surface area contributed by atoms with Crippen LogP contribution in [0.25, 0.3) is 11.0 Å². The molecule has 2 rings (SSSR count). The van der Waals surface area contributed by atoms with Gasteiger partial charge < -0.3 is 15.0 Å². The van der Waals surface area contributed by atoms with Crippen LogP contribution in [0.3, 0.4) is 0 Å². The first-order chi connectivity index (χ1) is 10.6. The molecule has 118 valence electrons. The van der Waals surface area contributed by atoms with Crippen LogP contribution in [-0.4, -0.2) is 32.6 Å². The van der Waals surface area contributed by atoms with Crippen molar-refractivity contribution in [2.24, 2.45) is 0 Å². The van der Waals surface area contributed by atoms with Crippen molar-refractivity contribution in [3.8, 4) is 0 Å². The summed E-state index contributed by atoms with van der Waals surface area (Å²) in [5, 5.41) is 11.7. The van der Waals surface area contributed by atoms with Gasteiger partial charge in [-0.25, -0.2) is 9.78 Å². The van der Waals surface area contributed by atoms with Gasteiger partial charge >= 0.3 is 5.97 Å². The van der Waals surface area contributed by atoms with Crippen LogP contribution in [0.5, 0.6) is 0 Å². The molecule has 2 N–H and O–H groups in total. The highest BCUT2D eigenvalue weighted by Crippen LogP contribution is 2.12. The van der Waals surface area contributed by atoms with E-state index in [4.69, 9.17) is 5.11 Å². The topological polar surface area (TPSA) is 84.2 Å². The van der Waals surface area contributed by atoms with Crippen LogP contribution in [0.4, 0.5) is 0 Å². The van der Waals surface area contributed by atoms with Gasteiger partial charge in [-0.2, -0.15) is 0 Å². The van der Waals surface area contributed by atoms with Gasteiger partial charge in [0.15, 0.2) is 0 Å². The van der Waals surface area contributed by atoms with Crippen LogP contribution >= 0.6 is 0 Å². The molecular weight excluding hydrogens is 282 g/mol.